The van der Waals surface area contributed by atoms with Gasteiger partial charge in [-0.2, -0.15) is 4.98 Å². The molecule has 11 nitrogen and oxygen atoms in total. The lowest BCUT2D eigenvalue weighted by atomic mass is 10.1. The first kappa shape index (κ1) is 38.6. The number of anilines is 3. The van der Waals surface area contributed by atoms with Crippen molar-refractivity contribution < 1.29 is 22.6 Å². The van der Waals surface area contributed by atoms with Gasteiger partial charge in [-0.1, -0.05) is 92.7 Å². The van der Waals surface area contributed by atoms with Crippen LogP contribution < -0.4 is 20.4 Å². The summed E-state index contributed by atoms with van der Waals surface area (Å²) in [5.74, 6) is -0.520. The van der Waals surface area contributed by atoms with Gasteiger partial charge in [-0.25, -0.2) is 13.1 Å². The van der Waals surface area contributed by atoms with E-state index in [-0.39, 0.29) is 10.8 Å². The Balaban J connectivity index is 1.61. The predicted octanol–water partition coefficient (Wildman–Crippen LogP) is 7.80. The van der Waals surface area contributed by atoms with Gasteiger partial charge in [0, 0.05) is 31.3 Å². The molecule has 51 heavy (non-hydrogen) atoms. The van der Waals surface area contributed by atoms with Gasteiger partial charge in [0.15, 0.2) is 0 Å². The van der Waals surface area contributed by atoms with Gasteiger partial charge in [-0.15, -0.1) is 0 Å². The van der Waals surface area contributed by atoms with E-state index in [1.807, 2.05) is 49.4 Å². The number of carbonyl (C=O) groups is 1. The second-order valence-electron chi connectivity index (χ2n) is 12.5. The van der Waals surface area contributed by atoms with E-state index in [0.29, 0.717) is 35.9 Å². The molecule has 0 radical (unpaired) electrons. The zero-order chi connectivity index (χ0) is 37.0. The summed E-state index contributed by atoms with van der Waals surface area (Å²) in [5, 5.41) is 7.86. The lowest BCUT2D eigenvalue weighted by Crippen LogP contribution is -2.35. The molecule has 1 atom stereocenters. The monoisotopic (exact) mass is 712 g/mol. The highest BCUT2D eigenvalue weighted by Crippen LogP contribution is 2.32. The van der Waals surface area contributed by atoms with Crippen LogP contribution in [-0.2, 0) is 26.2 Å². The lowest BCUT2D eigenvalue weighted by Gasteiger charge is -2.24. The number of amides is 1. The summed E-state index contributed by atoms with van der Waals surface area (Å²) < 4.78 is 34.4. The molecule has 1 amide bonds. The molecule has 0 spiro atoms. The van der Waals surface area contributed by atoms with E-state index >= 15 is 0 Å². The van der Waals surface area contributed by atoms with Gasteiger partial charge in [0.1, 0.15) is 0 Å². The summed E-state index contributed by atoms with van der Waals surface area (Å²) in [6.45, 7) is 13.0. The zero-order valence-corrected chi connectivity index (χ0v) is 31.0. The number of hydrogen-bond donors (Lipinski definition) is 3. The van der Waals surface area contributed by atoms with Crippen molar-refractivity contribution in [3.05, 3.63) is 120 Å². The molecule has 0 saturated heterocycles. The summed E-state index contributed by atoms with van der Waals surface area (Å²) >= 11 is 0. The fourth-order valence-electron chi connectivity index (χ4n) is 5.25. The van der Waals surface area contributed by atoms with Crippen LogP contribution in [0.5, 0.6) is 0 Å². The third kappa shape index (κ3) is 10.4. The molecule has 1 aliphatic carbocycles. The highest BCUT2D eigenvalue weighted by atomic mass is 32.2. The molecule has 4 rings (SSSR count). The molecule has 0 bridgehead atoms. The molecular weight excluding hydrogens is 665 g/mol. The van der Waals surface area contributed by atoms with Crippen molar-refractivity contribution in [3.8, 4) is 11.4 Å². The number of hydrogen-bond acceptors (Lipinski definition) is 10. The minimum absolute atomic E-state index is 0.0292. The van der Waals surface area contributed by atoms with E-state index in [2.05, 4.69) is 58.0 Å². The molecule has 12 heteroatoms. The predicted molar refractivity (Wildman–Crippen MR) is 206 cm³/mol. The van der Waals surface area contributed by atoms with Crippen molar-refractivity contribution in [2.45, 2.75) is 47.1 Å². The summed E-state index contributed by atoms with van der Waals surface area (Å²) in [5.41, 5.74) is 8.56. The molecular formula is C39H48N6O5S. The Labute approximate surface area is 301 Å². The van der Waals surface area contributed by atoms with E-state index in [0.717, 1.165) is 41.2 Å². The van der Waals surface area contributed by atoms with E-state index < -0.39 is 21.8 Å². The molecule has 3 N–H and O–H groups in total. The van der Waals surface area contributed by atoms with Crippen molar-refractivity contribution >= 4 is 38.6 Å². The van der Waals surface area contributed by atoms with E-state index in [1.54, 1.807) is 44.4 Å². The number of para-hydroxylation sites is 1. The summed E-state index contributed by atoms with van der Waals surface area (Å²) in [4.78, 5) is 25.4. The molecule has 1 aromatic heterocycles. The SMILES string of the molecule is C=C/C=C\C(=C(\C)CC)S(=O)(=O)NC(=O)C1C=CC=CC(c2nc(-c3ccc(N(C)CCC(C)C)c(NCc4ccccc4NOC)c3)no2)=C1. The minimum Gasteiger partial charge on any atom is -0.379 e. The number of sulfonamides is 1. The van der Waals surface area contributed by atoms with Crippen LogP contribution in [-0.4, -0.2) is 45.2 Å². The molecule has 1 heterocycles. The lowest BCUT2D eigenvalue weighted by molar-refractivity contribution is -0.120. The number of benzene rings is 2. The second kappa shape index (κ2) is 18.2. The average Bonchev–Trinajstić information content (AvgIpc) is 3.47. The third-order valence-corrected chi connectivity index (χ3v) is 9.84. The van der Waals surface area contributed by atoms with Crippen LogP contribution in [0.3, 0.4) is 0 Å². The van der Waals surface area contributed by atoms with Crippen molar-refractivity contribution in [1.82, 2.24) is 14.9 Å². The molecule has 1 aliphatic rings. The van der Waals surface area contributed by atoms with Crippen molar-refractivity contribution in [3.63, 3.8) is 0 Å². The maximum absolute atomic E-state index is 13.3. The number of nitrogens with zero attached hydrogens (tertiary/aromatic N) is 3. The fourth-order valence-corrected chi connectivity index (χ4v) is 6.63. The Bertz CT molecular complexity index is 1950. The zero-order valence-electron chi connectivity index (χ0n) is 30.1. The Morgan fingerprint density at radius 1 is 1.16 bits per heavy atom. The molecule has 0 aliphatic heterocycles. The van der Waals surface area contributed by atoms with Crippen LogP contribution in [0.15, 0.2) is 113 Å². The maximum atomic E-state index is 13.3. The Kier molecular flexibility index (Phi) is 13.7. The standard InChI is InChI=1S/C39H48N6O5S/c1-8-10-19-36(28(5)9-2)51(47,48)44-38(46)30-15-11-12-16-31(24-30)39-41-37(43-50-39)29-20-21-35(45(6)23-22-27(3)4)34(25-29)40-26-32-17-13-14-18-33(32)42-49-7/h8,10-21,24-25,27,30,40,42H,1,9,22-23,26H2,2-7H3,(H,44,46)/b19-10-,36-28+. The van der Waals surface area contributed by atoms with Crippen LogP contribution in [0.4, 0.5) is 17.1 Å². The largest absolute Gasteiger partial charge is 0.379 e. The van der Waals surface area contributed by atoms with Gasteiger partial charge in [0.2, 0.25) is 11.7 Å². The number of allylic oxidation sites excluding steroid dienone is 8. The number of nitrogens with one attached hydrogen (secondary N) is 3. The van der Waals surface area contributed by atoms with Crippen LogP contribution in [0.25, 0.3) is 17.0 Å². The van der Waals surface area contributed by atoms with E-state index in [1.165, 1.54) is 18.2 Å². The third-order valence-electron chi connectivity index (χ3n) is 8.31. The van der Waals surface area contributed by atoms with Crippen molar-refractivity contribution in [2.75, 3.05) is 36.4 Å². The maximum Gasteiger partial charge on any atom is 0.264 e. The first-order chi connectivity index (χ1) is 24.5. The number of carbonyl (C=O) groups excluding carboxylic acids is 1. The van der Waals surface area contributed by atoms with Crippen molar-refractivity contribution in [2.24, 2.45) is 11.8 Å². The van der Waals surface area contributed by atoms with Crippen LogP contribution >= 0.6 is 0 Å². The van der Waals surface area contributed by atoms with Crippen LogP contribution in [0.1, 0.15) is 52.0 Å². The van der Waals surface area contributed by atoms with Gasteiger partial charge in [0.25, 0.3) is 15.9 Å². The molecule has 0 fully saturated rings. The average molecular weight is 713 g/mol. The van der Waals surface area contributed by atoms with E-state index in [4.69, 9.17) is 9.36 Å². The van der Waals surface area contributed by atoms with Gasteiger partial charge in [-0.05, 0) is 67.7 Å². The highest BCUT2D eigenvalue weighted by molar-refractivity contribution is 7.94. The topological polar surface area (TPSA) is 139 Å². The highest BCUT2D eigenvalue weighted by Gasteiger charge is 2.25. The normalized spacial score (nSPS) is 15.0. The first-order valence-electron chi connectivity index (χ1n) is 16.9. The summed E-state index contributed by atoms with van der Waals surface area (Å²) in [6.07, 6.45) is 14.3. The molecule has 2 aromatic carbocycles. The van der Waals surface area contributed by atoms with Gasteiger partial charge < -0.3 is 14.7 Å². The number of aromatic nitrogens is 2. The summed E-state index contributed by atoms with van der Waals surface area (Å²) in [6, 6.07) is 13.9. The van der Waals surface area contributed by atoms with Gasteiger partial charge in [-0.3, -0.25) is 15.1 Å². The van der Waals surface area contributed by atoms with Gasteiger partial charge in [0.05, 0.1) is 35.0 Å². The second-order valence-corrected chi connectivity index (χ2v) is 14.2. The quantitative estimate of drug-likeness (QED) is 0.0939. The molecule has 1 unspecified atom stereocenters. The Hall–Kier alpha value is -5.20. The van der Waals surface area contributed by atoms with Crippen LogP contribution in [0.2, 0.25) is 0 Å². The molecule has 0 saturated carbocycles. The molecule has 270 valence electrons. The van der Waals surface area contributed by atoms with Crippen molar-refractivity contribution in [1.29, 1.82) is 0 Å². The summed E-state index contributed by atoms with van der Waals surface area (Å²) in [7, 11) is -0.483. The van der Waals surface area contributed by atoms with E-state index in [9.17, 15) is 13.2 Å². The molecule has 3 aromatic rings. The first-order valence-corrected chi connectivity index (χ1v) is 18.4. The van der Waals surface area contributed by atoms with Crippen LogP contribution in [0, 0.1) is 11.8 Å². The smallest absolute Gasteiger partial charge is 0.264 e. The minimum atomic E-state index is -4.14. The Morgan fingerprint density at radius 2 is 1.94 bits per heavy atom. The van der Waals surface area contributed by atoms with Gasteiger partial charge >= 0.3 is 0 Å². The number of rotatable bonds is 17. The Morgan fingerprint density at radius 3 is 2.67 bits per heavy atom. The fraction of sp³-hybridized carbons (Fsp3) is 0.308.